The van der Waals surface area contributed by atoms with Crippen LogP contribution in [-0.4, -0.2) is 80.7 Å². The molecular formula is C22H34N6O5S. The van der Waals surface area contributed by atoms with Gasteiger partial charge in [0, 0.05) is 13.1 Å². The Kier molecular flexibility index (Phi) is 8.50. The van der Waals surface area contributed by atoms with Crippen LogP contribution in [0.15, 0.2) is 35.5 Å². The maximum atomic E-state index is 13.4. The predicted molar refractivity (Wildman–Crippen MR) is 128 cm³/mol. The zero-order chi connectivity index (χ0) is 24.8. The summed E-state index contributed by atoms with van der Waals surface area (Å²) in [5, 5.41) is 18.5. The maximum Gasteiger partial charge on any atom is 0.242 e. The molecule has 2 aliphatic rings. The zero-order valence-corrected chi connectivity index (χ0v) is 20.2. The Morgan fingerprint density at radius 2 is 1.97 bits per heavy atom. The van der Waals surface area contributed by atoms with Gasteiger partial charge in [0.1, 0.15) is 17.9 Å². The van der Waals surface area contributed by atoms with E-state index >= 15 is 0 Å². The van der Waals surface area contributed by atoms with Crippen molar-refractivity contribution in [3.8, 4) is 0 Å². The highest BCUT2D eigenvalue weighted by Gasteiger charge is 2.41. The van der Waals surface area contributed by atoms with Gasteiger partial charge in [-0.05, 0) is 50.8 Å². The van der Waals surface area contributed by atoms with Gasteiger partial charge in [-0.1, -0.05) is 35.5 Å². The van der Waals surface area contributed by atoms with Crippen LogP contribution in [0.3, 0.4) is 0 Å². The number of likely N-dealkylation sites (tertiary alicyclic amines) is 1. The van der Waals surface area contributed by atoms with Crippen molar-refractivity contribution in [3.05, 3.63) is 35.9 Å². The summed E-state index contributed by atoms with van der Waals surface area (Å²) in [6.45, 7) is 1.91. The van der Waals surface area contributed by atoms with Crippen molar-refractivity contribution in [2.75, 3.05) is 32.4 Å². The van der Waals surface area contributed by atoms with Gasteiger partial charge in [-0.15, -0.1) is 0 Å². The van der Waals surface area contributed by atoms with Gasteiger partial charge in [0.2, 0.25) is 21.8 Å². The summed E-state index contributed by atoms with van der Waals surface area (Å²) in [5.74, 6) is -0.679. The van der Waals surface area contributed by atoms with Crippen LogP contribution in [0.2, 0.25) is 0 Å². The van der Waals surface area contributed by atoms with Crippen molar-refractivity contribution in [3.63, 3.8) is 0 Å². The summed E-state index contributed by atoms with van der Waals surface area (Å²) in [6, 6.07) is 7.41. The monoisotopic (exact) mass is 494 g/mol. The summed E-state index contributed by atoms with van der Waals surface area (Å²) in [4.78, 5) is 28.0. The number of sulfonamides is 1. The van der Waals surface area contributed by atoms with E-state index in [4.69, 9.17) is 5.73 Å². The average Bonchev–Trinajstić information content (AvgIpc) is 3.31. The van der Waals surface area contributed by atoms with Gasteiger partial charge in [-0.3, -0.25) is 9.59 Å². The fourth-order valence-electron chi connectivity index (χ4n) is 4.70. The number of carbonyl (C=O) groups is 2. The normalized spacial score (nSPS) is 21.7. The van der Waals surface area contributed by atoms with Gasteiger partial charge < -0.3 is 26.5 Å². The lowest BCUT2D eigenvalue weighted by atomic mass is 9.77. The number of nitrogens with two attached hydrogens (primary N) is 1. The standard InChI is InChI=1S/C22H34N6O5S/c1-34(32,33)27-17(14-16-6-3-2-4-7-16)20(30)28-13-5-8-18(28)19(29)25-15-22(21(23)26-31)9-11-24-12-10-22/h2-4,6-7,17-18,24,27,31H,5,8-15H2,1H3,(H2,23,26)(H,25,29)/t17-,18+/m1/s1. The average molecular weight is 495 g/mol. The van der Waals surface area contributed by atoms with Crippen molar-refractivity contribution in [1.29, 1.82) is 0 Å². The highest BCUT2D eigenvalue weighted by molar-refractivity contribution is 7.88. The minimum atomic E-state index is -3.66. The minimum Gasteiger partial charge on any atom is -0.409 e. The lowest BCUT2D eigenvalue weighted by Crippen LogP contribution is -2.56. The van der Waals surface area contributed by atoms with Crippen molar-refractivity contribution in [1.82, 2.24) is 20.3 Å². The highest BCUT2D eigenvalue weighted by atomic mass is 32.2. The Hall–Kier alpha value is -2.70. The lowest BCUT2D eigenvalue weighted by Gasteiger charge is -2.37. The second kappa shape index (κ2) is 11.2. The Balaban J connectivity index is 1.72. The van der Waals surface area contributed by atoms with Crippen LogP contribution in [0.1, 0.15) is 31.2 Å². The molecule has 0 radical (unpaired) electrons. The molecule has 0 aromatic heterocycles. The van der Waals surface area contributed by atoms with Crippen LogP contribution >= 0.6 is 0 Å². The molecule has 0 aliphatic carbocycles. The molecule has 0 bridgehead atoms. The Morgan fingerprint density at radius 3 is 2.59 bits per heavy atom. The maximum absolute atomic E-state index is 13.4. The summed E-state index contributed by atoms with van der Waals surface area (Å²) in [5.41, 5.74) is 6.11. The quantitative estimate of drug-likeness (QED) is 0.132. The molecule has 0 saturated carbocycles. The molecule has 11 nitrogen and oxygen atoms in total. The molecule has 188 valence electrons. The number of hydrogen-bond acceptors (Lipinski definition) is 7. The number of carbonyl (C=O) groups excluding carboxylic acids is 2. The third-order valence-corrected chi connectivity index (χ3v) is 7.30. The smallest absolute Gasteiger partial charge is 0.242 e. The minimum absolute atomic E-state index is 0.0777. The molecule has 2 fully saturated rings. The van der Waals surface area contributed by atoms with Crippen LogP contribution in [0.25, 0.3) is 0 Å². The Bertz CT molecular complexity index is 994. The fourth-order valence-corrected chi connectivity index (χ4v) is 5.40. The third-order valence-electron chi connectivity index (χ3n) is 6.59. The van der Waals surface area contributed by atoms with Crippen LogP contribution in [0.5, 0.6) is 0 Å². The van der Waals surface area contributed by atoms with E-state index in [9.17, 15) is 23.2 Å². The first-order valence-corrected chi connectivity index (χ1v) is 13.3. The lowest BCUT2D eigenvalue weighted by molar-refractivity contribution is -0.139. The fraction of sp³-hybridized carbons (Fsp3) is 0.591. The zero-order valence-electron chi connectivity index (χ0n) is 19.4. The first-order valence-electron chi connectivity index (χ1n) is 11.4. The molecule has 2 saturated heterocycles. The molecule has 1 aromatic carbocycles. The van der Waals surface area contributed by atoms with Crippen LogP contribution in [0, 0.1) is 5.41 Å². The van der Waals surface area contributed by atoms with Gasteiger partial charge in [0.15, 0.2) is 0 Å². The highest BCUT2D eigenvalue weighted by Crippen LogP contribution is 2.29. The van der Waals surface area contributed by atoms with Gasteiger partial charge in [0.25, 0.3) is 0 Å². The number of hydrogen-bond donors (Lipinski definition) is 5. The number of oxime groups is 1. The number of amides is 2. The molecule has 12 heteroatoms. The Labute approximate surface area is 200 Å². The second-order valence-corrected chi connectivity index (χ2v) is 10.8. The molecular weight excluding hydrogens is 460 g/mol. The molecule has 3 rings (SSSR count). The summed E-state index contributed by atoms with van der Waals surface area (Å²) >= 11 is 0. The van der Waals surface area contributed by atoms with Crippen molar-refractivity contribution < 1.29 is 23.2 Å². The number of piperidine rings is 1. The van der Waals surface area contributed by atoms with E-state index in [1.165, 1.54) is 4.90 Å². The molecule has 2 atom stereocenters. The van der Waals surface area contributed by atoms with Crippen molar-refractivity contribution in [2.24, 2.45) is 16.3 Å². The van der Waals surface area contributed by atoms with Gasteiger partial charge >= 0.3 is 0 Å². The second-order valence-electron chi connectivity index (χ2n) is 9.06. The number of amidine groups is 1. The molecule has 2 amide bonds. The molecule has 0 spiro atoms. The summed E-state index contributed by atoms with van der Waals surface area (Å²) in [7, 11) is -3.66. The van der Waals surface area contributed by atoms with Crippen LogP contribution in [-0.2, 0) is 26.0 Å². The SMILES string of the molecule is CS(=O)(=O)N[C@H](Cc1ccccc1)C(=O)N1CCC[C@H]1C(=O)NCC1(/C(N)=N/O)CCNCC1. The van der Waals surface area contributed by atoms with E-state index in [0.29, 0.717) is 45.3 Å². The first-order chi connectivity index (χ1) is 16.1. The first kappa shape index (κ1) is 25.9. The van der Waals surface area contributed by atoms with E-state index in [2.05, 4.69) is 20.5 Å². The van der Waals surface area contributed by atoms with E-state index < -0.39 is 33.4 Å². The largest absolute Gasteiger partial charge is 0.409 e. The predicted octanol–water partition coefficient (Wildman–Crippen LogP) is -0.630. The van der Waals surface area contributed by atoms with E-state index in [-0.39, 0.29) is 24.7 Å². The molecule has 1 aromatic rings. The van der Waals surface area contributed by atoms with Gasteiger partial charge in [-0.25, -0.2) is 13.1 Å². The number of rotatable bonds is 9. The van der Waals surface area contributed by atoms with Crippen LogP contribution < -0.4 is 21.1 Å². The van der Waals surface area contributed by atoms with E-state index in [1.807, 2.05) is 30.3 Å². The van der Waals surface area contributed by atoms with Crippen molar-refractivity contribution in [2.45, 2.75) is 44.2 Å². The molecule has 6 N–H and O–H groups in total. The van der Waals surface area contributed by atoms with E-state index in [0.717, 1.165) is 11.8 Å². The molecule has 34 heavy (non-hydrogen) atoms. The van der Waals surface area contributed by atoms with Gasteiger partial charge in [-0.2, -0.15) is 0 Å². The number of nitrogens with one attached hydrogen (secondary N) is 3. The topological polar surface area (TPSA) is 166 Å². The third kappa shape index (κ3) is 6.45. The van der Waals surface area contributed by atoms with Gasteiger partial charge in [0.05, 0.1) is 11.7 Å². The number of benzene rings is 1. The molecule has 2 heterocycles. The van der Waals surface area contributed by atoms with Crippen LogP contribution in [0.4, 0.5) is 0 Å². The van der Waals surface area contributed by atoms with Crippen molar-refractivity contribution >= 4 is 27.7 Å². The summed E-state index contributed by atoms with van der Waals surface area (Å²) < 4.78 is 26.4. The van der Waals surface area contributed by atoms with E-state index in [1.54, 1.807) is 0 Å². The molecule has 0 unspecified atom stereocenters. The number of nitrogens with zero attached hydrogens (tertiary/aromatic N) is 2. The molecule has 2 aliphatic heterocycles. The summed E-state index contributed by atoms with van der Waals surface area (Å²) in [6.07, 6.45) is 3.51. The Morgan fingerprint density at radius 1 is 1.29 bits per heavy atom.